The Balaban J connectivity index is 1.93. The molecule has 0 spiro atoms. The highest BCUT2D eigenvalue weighted by molar-refractivity contribution is 5.35. The van der Waals surface area contributed by atoms with Gasteiger partial charge in [0.15, 0.2) is 0 Å². The van der Waals surface area contributed by atoms with E-state index >= 15 is 0 Å². The topological polar surface area (TPSA) is 58.0 Å². The Morgan fingerprint density at radius 1 is 1.29 bits per heavy atom. The van der Waals surface area contributed by atoms with E-state index in [1.807, 2.05) is 19.9 Å². The molecule has 1 aromatic heterocycles. The summed E-state index contributed by atoms with van der Waals surface area (Å²) in [7, 11) is 0. The van der Waals surface area contributed by atoms with Gasteiger partial charge in [-0.15, -0.1) is 0 Å². The molecule has 1 aliphatic carbocycles. The van der Waals surface area contributed by atoms with Crippen molar-refractivity contribution in [1.82, 2.24) is 9.97 Å². The summed E-state index contributed by atoms with van der Waals surface area (Å²) in [5.41, 5.74) is 0.991. The third-order valence-corrected chi connectivity index (χ3v) is 3.56. The van der Waals surface area contributed by atoms with E-state index in [-0.39, 0.29) is 0 Å². The molecule has 4 heteroatoms. The second-order valence-electron chi connectivity index (χ2n) is 4.96. The predicted octanol–water partition coefficient (Wildman–Crippen LogP) is 1.91. The highest BCUT2D eigenvalue weighted by atomic mass is 16.3. The summed E-state index contributed by atoms with van der Waals surface area (Å²) in [6.45, 7) is 5.10. The Bertz CT molecular complexity index is 361. The predicted molar refractivity (Wildman–Crippen MR) is 67.9 cm³/mol. The van der Waals surface area contributed by atoms with Crippen LogP contribution in [-0.2, 0) is 0 Å². The number of aryl methyl sites for hydroxylation is 2. The summed E-state index contributed by atoms with van der Waals surface area (Å²) < 4.78 is 0. The van der Waals surface area contributed by atoms with Gasteiger partial charge in [0.05, 0.1) is 0 Å². The Morgan fingerprint density at radius 3 is 2.76 bits per heavy atom. The molecular weight excluding hydrogens is 214 g/mol. The molecule has 1 aliphatic rings. The molecule has 0 radical (unpaired) electrons. The van der Waals surface area contributed by atoms with Crippen LogP contribution in [0.3, 0.4) is 0 Å². The fraction of sp³-hybridized carbons (Fsp3) is 0.692. The van der Waals surface area contributed by atoms with Crippen LogP contribution in [0.15, 0.2) is 6.07 Å². The lowest BCUT2D eigenvalue weighted by Gasteiger charge is -2.18. The van der Waals surface area contributed by atoms with Crippen LogP contribution < -0.4 is 5.32 Å². The van der Waals surface area contributed by atoms with Crippen LogP contribution in [0.25, 0.3) is 0 Å². The highest BCUT2D eigenvalue weighted by Crippen LogP contribution is 2.31. The van der Waals surface area contributed by atoms with E-state index in [1.54, 1.807) is 0 Å². The van der Waals surface area contributed by atoms with Crippen molar-refractivity contribution in [3.8, 4) is 0 Å². The van der Waals surface area contributed by atoms with Gasteiger partial charge >= 0.3 is 0 Å². The van der Waals surface area contributed by atoms with Crippen molar-refractivity contribution in [2.45, 2.75) is 33.1 Å². The van der Waals surface area contributed by atoms with Gasteiger partial charge in [-0.25, -0.2) is 9.97 Å². The number of nitrogens with one attached hydrogen (secondary N) is 1. The van der Waals surface area contributed by atoms with Gasteiger partial charge < -0.3 is 10.4 Å². The molecule has 1 saturated carbocycles. The van der Waals surface area contributed by atoms with Gasteiger partial charge in [-0.2, -0.15) is 0 Å². The molecule has 1 fully saturated rings. The maximum absolute atomic E-state index is 9.27. The summed E-state index contributed by atoms with van der Waals surface area (Å²) in [5, 5.41) is 12.6. The van der Waals surface area contributed by atoms with Crippen molar-refractivity contribution in [2.75, 3.05) is 18.5 Å². The molecule has 4 nitrogen and oxygen atoms in total. The van der Waals surface area contributed by atoms with E-state index in [9.17, 15) is 5.11 Å². The first kappa shape index (κ1) is 12.3. The Morgan fingerprint density at radius 2 is 2.06 bits per heavy atom. The maximum atomic E-state index is 9.27. The van der Waals surface area contributed by atoms with E-state index in [4.69, 9.17) is 0 Å². The molecule has 94 valence electrons. The summed E-state index contributed by atoms with van der Waals surface area (Å²) in [5.74, 6) is 2.75. The van der Waals surface area contributed by atoms with E-state index in [0.717, 1.165) is 30.3 Å². The van der Waals surface area contributed by atoms with Gasteiger partial charge in [0.1, 0.15) is 11.6 Å². The number of aliphatic hydroxyl groups is 1. The van der Waals surface area contributed by atoms with Gasteiger partial charge in [0.25, 0.3) is 0 Å². The molecule has 1 aromatic rings. The Labute approximate surface area is 102 Å². The first-order valence-electron chi connectivity index (χ1n) is 6.36. The standard InChI is InChI=1S/C13H21N3O/c1-9-6-13(16-10(2)15-9)14-7-11-4-3-5-12(11)8-17/h6,11-12,17H,3-5,7-8H2,1-2H3,(H,14,15,16). The second kappa shape index (κ2) is 5.45. The summed E-state index contributed by atoms with van der Waals surface area (Å²) in [6, 6.07) is 1.97. The van der Waals surface area contributed by atoms with Gasteiger partial charge in [0, 0.05) is 24.9 Å². The molecule has 1 heterocycles. The van der Waals surface area contributed by atoms with Crippen LogP contribution >= 0.6 is 0 Å². The molecule has 0 aliphatic heterocycles. The number of anilines is 1. The van der Waals surface area contributed by atoms with Crippen LogP contribution in [0.1, 0.15) is 30.8 Å². The average molecular weight is 235 g/mol. The van der Waals surface area contributed by atoms with Gasteiger partial charge in [-0.05, 0) is 38.5 Å². The van der Waals surface area contributed by atoms with Crippen molar-refractivity contribution in [3.05, 3.63) is 17.6 Å². The first-order chi connectivity index (χ1) is 8.19. The van der Waals surface area contributed by atoms with Gasteiger partial charge in [-0.3, -0.25) is 0 Å². The summed E-state index contributed by atoms with van der Waals surface area (Å²) in [6.07, 6.45) is 3.60. The number of aromatic nitrogens is 2. The van der Waals surface area contributed by atoms with E-state index in [2.05, 4.69) is 15.3 Å². The molecule has 0 amide bonds. The average Bonchev–Trinajstić information content (AvgIpc) is 2.72. The Kier molecular flexibility index (Phi) is 3.94. The third-order valence-electron chi connectivity index (χ3n) is 3.56. The molecule has 17 heavy (non-hydrogen) atoms. The number of nitrogens with zero attached hydrogens (tertiary/aromatic N) is 2. The van der Waals surface area contributed by atoms with Crippen molar-refractivity contribution in [2.24, 2.45) is 11.8 Å². The number of aliphatic hydroxyl groups excluding tert-OH is 1. The van der Waals surface area contributed by atoms with Crippen molar-refractivity contribution in [3.63, 3.8) is 0 Å². The molecule has 2 atom stereocenters. The van der Waals surface area contributed by atoms with Crippen LogP contribution in [0, 0.1) is 25.7 Å². The maximum Gasteiger partial charge on any atom is 0.129 e. The lowest BCUT2D eigenvalue weighted by atomic mass is 9.97. The van der Waals surface area contributed by atoms with Gasteiger partial charge in [0.2, 0.25) is 0 Å². The first-order valence-corrected chi connectivity index (χ1v) is 6.36. The van der Waals surface area contributed by atoms with Crippen LogP contribution in [0.4, 0.5) is 5.82 Å². The molecule has 2 unspecified atom stereocenters. The zero-order valence-electron chi connectivity index (χ0n) is 10.6. The number of rotatable bonds is 4. The number of hydrogen-bond acceptors (Lipinski definition) is 4. The van der Waals surface area contributed by atoms with Crippen molar-refractivity contribution >= 4 is 5.82 Å². The van der Waals surface area contributed by atoms with E-state index in [0.29, 0.717) is 18.4 Å². The molecule has 0 bridgehead atoms. The molecule has 0 aromatic carbocycles. The van der Waals surface area contributed by atoms with Crippen LogP contribution in [0.5, 0.6) is 0 Å². The fourth-order valence-corrected chi connectivity index (χ4v) is 2.67. The SMILES string of the molecule is Cc1cc(NCC2CCCC2CO)nc(C)n1. The zero-order chi connectivity index (χ0) is 12.3. The molecule has 0 saturated heterocycles. The zero-order valence-corrected chi connectivity index (χ0v) is 10.6. The van der Waals surface area contributed by atoms with Gasteiger partial charge in [-0.1, -0.05) is 6.42 Å². The minimum Gasteiger partial charge on any atom is -0.396 e. The highest BCUT2D eigenvalue weighted by Gasteiger charge is 2.26. The van der Waals surface area contributed by atoms with Crippen LogP contribution in [-0.4, -0.2) is 28.2 Å². The van der Waals surface area contributed by atoms with Crippen molar-refractivity contribution < 1.29 is 5.11 Å². The second-order valence-corrected chi connectivity index (χ2v) is 4.96. The summed E-state index contributed by atoms with van der Waals surface area (Å²) in [4.78, 5) is 8.62. The van der Waals surface area contributed by atoms with Crippen LogP contribution in [0.2, 0.25) is 0 Å². The monoisotopic (exact) mass is 235 g/mol. The summed E-state index contributed by atoms with van der Waals surface area (Å²) >= 11 is 0. The largest absolute Gasteiger partial charge is 0.396 e. The quantitative estimate of drug-likeness (QED) is 0.837. The van der Waals surface area contributed by atoms with E-state index in [1.165, 1.54) is 12.8 Å². The smallest absolute Gasteiger partial charge is 0.129 e. The van der Waals surface area contributed by atoms with Crippen molar-refractivity contribution in [1.29, 1.82) is 0 Å². The molecular formula is C13H21N3O. The third kappa shape index (κ3) is 3.16. The minimum absolute atomic E-state index is 0.314. The molecule has 2 rings (SSSR count). The fourth-order valence-electron chi connectivity index (χ4n) is 2.67. The Hall–Kier alpha value is -1.16. The number of hydrogen-bond donors (Lipinski definition) is 2. The minimum atomic E-state index is 0.314. The van der Waals surface area contributed by atoms with E-state index < -0.39 is 0 Å². The lowest BCUT2D eigenvalue weighted by Crippen LogP contribution is -2.21. The lowest BCUT2D eigenvalue weighted by molar-refractivity contribution is 0.199. The normalized spacial score (nSPS) is 23.9. The molecule has 2 N–H and O–H groups in total.